The minimum atomic E-state index is -0.640. The number of rotatable bonds is 10. The molecule has 0 spiro atoms. The quantitative estimate of drug-likeness (QED) is 0.207. The zero-order chi connectivity index (χ0) is 28.5. The van der Waals surface area contributed by atoms with Gasteiger partial charge in [-0.1, -0.05) is 70.1 Å². The van der Waals surface area contributed by atoms with E-state index in [9.17, 15) is 15.3 Å². The van der Waals surface area contributed by atoms with Gasteiger partial charge in [-0.05, 0) is 104 Å². The van der Waals surface area contributed by atoms with E-state index in [0.717, 1.165) is 54.8 Å². The van der Waals surface area contributed by atoms with Crippen molar-refractivity contribution in [3.63, 3.8) is 0 Å². The molecule has 0 saturated heterocycles. The van der Waals surface area contributed by atoms with Crippen molar-refractivity contribution in [3.8, 4) is 0 Å². The van der Waals surface area contributed by atoms with Crippen LogP contribution in [0.1, 0.15) is 109 Å². The molecule has 3 N–H and O–H groups in total. The minimum absolute atomic E-state index is 0.236. The van der Waals surface area contributed by atoms with Gasteiger partial charge < -0.3 is 19.7 Å². The lowest BCUT2D eigenvalue weighted by atomic mass is 9.61. The van der Waals surface area contributed by atoms with Crippen molar-refractivity contribution in [2.24, 2.45) is 23.2 Å². The van der Waals surface area contributed by atoms with Gasteiger partial charge in [0.15, 0.2) is 0 Å². The largest absolute Gasteiger partial charge is 0.465 e. The first-order chi connectivity index (χ1) is 19.2. The van der Waals surface area contributed by atoms with E-state index in [4.69, 9.17) is 4.42 Å². The Kier molecular flexibility index (Phi) is 9.00. The lowest BCUT2D eigenvalue weighted by molar-refractivity contribution is 0.0862. The zero-order valence-corrected chi connectivity index (χ0v) is 25.1. The van der Waals surface area contributed by atoms with Gasteiger partial charge in [0.1, 0.15) is 11.5 Å². The van der Waals surface area contributed by atoms with E-state index in [-0.39, 0.29) is 10.8 Å². The maximum absolute atomic E-state index is 11.3. The van der Waals surface area contributed by atoms with E-state index in [2.05, 4.69) is 63.8 Å². The summed E-state index contributed by atoms with van der Waals surface area (Å²) < 4.78 is 6.23. The van der Waals surface area contributed by atoms with Crippen molar-refractivity contribution in [2.75, 3.05) is 0 Å². The number of aryl methyl sites for hydroxylation is 1. The smallest absolute Gasteiger partial charge is 0.113 e. The Bertz CT molecular complexity index is 1130. The van der Waals surface area contributed by atoms with E-state index in [1.165, 1.54) is 44.1 Å². The molecule has 4 aliphatic carbocycles. The molecule has 4 heteroatoms. The van der Waals surface area contributed by atoms with E-state index in [0.29, 0.717) is 30.6 Å². The normalized spacial score (nSPS) is 35.4. The second kappa shape index (κ2) is 12.2. The van der Waals surface area contributed by atoms with Crippen molar-refractivity contribution in [2.45, 2.75) is 128 Å². The summed E-state index contributed by atoms with van der Waals surface area (Å²) in [5.74, 6) is 3.59. The van der Waals surface area contributed by atoms with Crippen LogP contribution in [0.4, 0.5) is 0 Å². The molecule has 220 valence electrons. The van der Waals surface area contributed by atoms with Crippen molar-refractivity contribution >= 4 is 0 Å². The minimum Gasteiger partial charge on any atom is -0.465 e. The molecule has 1 aromatic rings. The van der Waals surface area contributed by atoms with Crippen LogP contribution in [-0.4, -0.2) is 33.6 Å². The molecule has 40 heavy (non-hydrogen) atoms. The highest BCUT2D eigenvalue weighted by Crippen LogP contribution is 2.60. The maximum atomic E-state index is 11.3. The standard InChI is InChI=1S/C36H52O4/c1-5-6-7-10-29-14-18-34(40-29)36(20-21-36)33(39)17-11-24(2)30-15-16-31-26(9-8-19-35(30,31)4)12-13-27-22-28(37)23-32(38)25(27)3/h11-14,17-18,24,28,30-33,37-39H,3,5-10,15-16,19-23H2,1-2,4H3/b17-11+,26-12+,27-13-/t24-,28-,30-,31+,32+,33+,35-/m1/s1. The van der Waals surface area contributed by atoms with Crippen LogP contribution in [0.25, 0.3) is 0 Å². The molecule has 0 radical (unpaired) electrons. The molecule has 4 aliphatic rings. The zero-order valence-electron chi connectivity index (χ0n) is 25.1. The summed E-state index contributed by atoms with van der Waals surface area (Å²) in [4.78, 5) is 0. The molecule has 0 amide bonds. The Hall–Kier alpha value is -1.88. The van der Waals surface area contributed by atoms with Crippen molar-refractivity contribution in [1.29, 1.82) is 0 Å². The monoisotopic (exact) mass is 548 g/mol. The van der Waals surface area contributed by atoms with Crippen molar-refractivity contribution in [3.05, 3.63) is 71.3 Å². The summed E-state index contributed by atoms with van der Waals surface area (Å²) in [5, 5.41) is 31.7. The Morgan fingerprint density at radius 1 is 1.10 bits per heavy atom. The summed E-state index contributed by atoms with van der Waals surface area (Å²) in [6.45, 7) is 11.1. The first-order valence-corrected chi connectivity index (χ1v) is 16.1. The molecule has 4 nitrogen and oxygen atoms in total. The first-order valence-electron chi connectivity index (χ1n) is 16.1. The van der Waals surface area contributed by atoms with E-state index < -0.39 is 18.3 Å². The molecule has 7 atom stereocenters. The second-order valence-corrected chi connectivity index (χ2v) is 13.7. The van der Waals surface area contributed by atoms with Gasteiger partial charge >= 0.3 is 0 Å². The van der Waals surface area contributed by atoms with Crippen LogP contribution < -0.4 is 0 Å². The van der Waals surface area contributed by atoms with Crippen LogP contribution in [0.2, 0.25) is 0 Å². The third kappa shape index (κ3) is 5.87. The number of fused-ring (bicyclic) bond motifs is 1. The molecular weight excluding hydrogens is 496 g/mol. The van der Waals surface area contributed by atoms with Gasteiger partial charge in [-0.15, -0.1) is 0 Å². The molecule has 4 fully saturated rings. The van der Waals surface area contributed by atoms with Gasteiger partial charge in [-0.25, -0.2) is 0 Å². The number of hydrogen-bond donors (Lipinski definition) is 3. The van der Waals surface area contributed by atoms with Gasteiger partial charge in [-0.3, -0.25) is 0 Å². The lowest BCUT2D eigenvalue weighted by Crippen LogP contribution is -2.35. The Morgan fingerprint density at radius 2 is 1.90 bits per heavy atom. The van der Waals surface area contributed by atoms with Gasteiger partial charge in [0, 0.05) is 12.8 Å². The predicted octanol–water partition coefficient (Wildman–Crippen LogP) is 7.74. The average Bonchev–Trinajstić information content (AvgIpc) is 3.46. The lowest BCUT2D eigenvalue weighted by Gasteiger charge is -2.44. The molecular formula is C36H52O4. The average molecular weight is 549 g/mol. The highest BCUT2D eigenvalue weighted by Gasteiger charge is 2.53. The molecule has 0 aliphatic heterocycles. The fourth-order valence-corrected chi connectivity index (χ4v) is 8.36. The van der Waals surface area contributed by atoms with Crippen LogP contribution in [0, 0.1) is 23.2 Å². The fraction of sp³-hybridized carbons (Fsp3) is 0.667. The number of aliphatic hydroxyl groups excluding tert-OH is 3. The summed E-state index contributed by atoms with van der Waals surface area (Å²) in [6.07, 6.45) is 20.7. The van der Waals surface area contributed by atoms with Gasteiger partial charge in [0.05, 0.1) is 23.7 Å². The highest BCUT2D eigenvalue weighted by molar-refractivity contribution is 5.39. The number of aliphatic hydroxyl groups is 3. The van der Waals surface area contributed by atoms with Crippen LogP contribution in [0.15, 0.2) is 64.2 Å². The Labute approximate surface area is 242 Å². The fourth-order valence-electron chi connectivity index (χ4n) is 8.36. The number of allylic oxidation sites excluding steroid dienone is 4. The second-order valence-electron chi connectivity index (χ2n) is 13.7. The summed E-state index contributed by atoms with van der Waals surface area (Å²) in [6, 6.07) is 4.22. The Balaban J connectivity index is 1.24. The topological polar surface area (TPSA) is 73.8 Å². The SMILES string of the molecule is C=C1/C(=C\C=C2/CCC[C@]3(C)[C@@H]([C@H](C)/C=C/[C@H](O)C4(c5ccc(CCCCC)o5)CC4)CC[C@@H]23)C[C@@H](O)C[C@@H]1O. The van der Waals surface area contributed by atoms with Crippen molar-refractivity contribution in [1.82, 2.24) is 0 Å². The third-order valence-electron chi connectivity index (χ3n) is 11.1. The maximum Gasteiger partial charge on any atom is 0.113 e. The summed E-state index contributed by atoms with van der Waals surface area (Å²) in [7, 11) is 0. The van der Waals surface area contributed by atoms with E-state index in [1.807, 2.05) is 0 Å². The van der Waals surface area contributed by atoms with E-state index in [1.54, 1.807) is 0 Å². The first kappa shape index (κ1) is 29.6. The van der Waals surface area contributed by atoms with Gasteiger partial charge in [0.2, 0.25) is 0 Å². The molecule has 1 heterocycles. The molecule has 1 aromatic heterocycles. The van der Waals surface area contributed by atoms with Crippen molar-refractivity contribution < 1.29 is 19.7 Å². The summed E-state index contributed by atoms with van der Waals surface area (Å²) >= 11 is 0. The van der Waals surface area contributed by atoms with Crippen LogP contribution in [0.3, 0.4) is 0 Å². The third-order valence-corrected chi connectivity index (χ3v) is 11.1. The molecule has 0 aromatic carbocycles. The molecule has 4 saturated carbocycles. The van der Waals surface area contributed by atoms with E-state index >= 15 is 0 Å². The predicted molar refractivity (Wildman–Crippen MR) is 162 cm³/mol. The van der Waals surface area contributed by atoms with Gasteiger partial charge in [0.25, 0.3) is 0 Å². The Morgan fingerprint density at radius 3 is 2.65 bits per heavy atom. The van der Waals surface area contributed by atoms with Gasteiger partial charge in [-0.2, -0.15) is 0 Å². The molecule has 0 unspecified atom stereocenters. The number of hydrogen-bond acceptors (Lipinski definition) is 4. The highest BCUT2D eigenvalue weighted by atomic mass is 16.3. The summed E-state index contributed by atoms with van der Waals surface area (Å²) in [5.41, 5.74) is 3.29. The van der Waals surface area contributed by atoms with Crippen LogP contribution in [0.5, 0.6) is 0 Å². The van der Waals surface area contributed by atoms with Crippen LogP contribution >= 0.6 is 0 Å². The van der Waals surface area contributed by atoms with Crippen LogP contribution in [-0.2, 0) is 11.8 Å². The molecule has 5 rings (SSSR count). The number of furan rings is 1. The number of unbranched alkanes of at least 4 members (excludes halogenated alkanes) is 2. The molecule has 0 bridgehead atoms.